The Morgan fingerprint density at radius 2 is 2.28 bits per heavy atom. The molecule has 0 saturated carbocycles. The third-order valence-electron chi connectivity index (χ3n) is 2.43. The molecule has 0 radical (unpaired) electrons. The van der Waals surface area contributed by atoms with Gasteiger partial charge in [-0.25, -0.2) is 4.79 Å². The molecule has 18 heavy (non-hydrogen) atoms. The van der Waals surface area contributed by atoms with Crippen molar-refractivity contribution < 1.29 is 14.6 Å². The number of aromatic carboxylic acids is 1. The van der Waals surface area contributed by atoms with Crippen LogP contribution in [0, 0.1) is 6.92 Å². The third kappa shape index (κ3) is 4.59. The molecule has 0 unspecified atom stereocenters. The number of hydrogen-bond donors (Lipinski definition) is 2. The second kappa shape index (κ2) is 7.50. The van der Waals surface area contributed by atoms with Gasteiger partial charge >= 0.3 is 5.97 Å². The Hall–Kier alpha value is -1.81. The summed E-state index contributed by atoms with van der Waals surface area (Å²) in [5, 5.41) is 12.1. The summed E-state index contributed by atoms with van der Waals surface area (Å²) in [6, 6.07) is 5.32. The van der Waals surface area contributed by atoms with Crippen LogP contribution < -0.4 is 5.32 Å². The number of carboxylic acids is 1. The maximum atomic E-state index is 11.1. The van der Waals surface area contributed by atoms with E-state index in [4.69, 9.17) is 9.84 Å². The minimum absolute atomic E-state index is 0.293. The number of carboxylic acid groups (broad SMARTS) is 1. The molecule has 0 saturated heterocycles. The van der Waals surface area contributed by atoms with Gasteiger partial charge in [-0.3, -0.25) is 0 Å². The van der Waals surface area contributed by atoms with Gasteiger partial charge in [0.05, 0.1) is 18.8 Å². The molecule has 1 rings (SSSR count). The number of hydrogen-bond acceptors (Lipinski definition) is 3. The number of ether oxygens (including phenoxy) is 1. The largest absolute Gasteiger partial charge is 0.478 e. The molecule has 1 aromatic rings. The lowest BCUT2D eigenvalue weighted by Gasteiger charge is -2.10. The van der Waals surface area contributed by atoms with Crippen molar-refractivity contribution in [3.63, 3.8) is 0 Å². The van der Waals surface area contributed by atoms with E-state index in [-0.39, 0.29) is 0 Å². The van der Waals surface area contributed by atoms with E-state index in [2.05, 4.69) is 11.9 Å². The van der Waals surface area contributed by atoms with Gasteiger partial charge in [-0.1, -0.05) is 17.7 Å². The fourth-order valence-electron chi connectivity index (χ4n) is 1.52. The van der Waals surface area contributed by atoms with Gasteiger partial charge in [0.15, 0.2) is 0 Å². The smallest absolute Gasteiger partial charge is 0.337 e. The molecule has 0 heterocycles. The molecule has 98 valence electrons. The minimum atomic E-state index is -0.922. The summed E-state index contributed by atoms with van der Waals surface area (Å²) in [6.45, 7) is 7.24. The molecule has 0 amide bonds. The molecule has 4 nitrogen and oxygen atoms in total. The lowest BCUT2D eigenvalue weighted by atomic mass is 10.1. The maximum absolute atomic E-state index is 11.1. The van der Waals surface area contributed by atoms with Crippen LogP contribution in [0.2, 0.25) is 0 Å². The Morgan fingerprint density at radius 3 is 2.94 bits per heavy atom. The first kappa shape index (κ1) is 14.3. The highest BCUT2D eigenvalue weighted by atomic mass is 16.5. The highest BCUT2D eigenvalue weighted by molar-refractivity contribution is 5.94. The van der Waals surface area contributed by atoms with Gasteiger partial charge in [-0.05, 0) is 25.5 Å². The van der Waals surface area contributed by atoms with Crippen LogP contribution in [0.4, 0.5) is 5.69 Å². The molecular formula is C14H19NO3. The number of benzene rings is 1. The monoisotopic (exact) mass is 249 g/mol. The van der Waals surface area contributed by atoms with Gasteiger partial charge in [0.1, 0.15) is 0 Å². The fraction of sp³-hybridized carbons (Fsp3) is 0.357. The predicted octanol–water partition coefficient (Wildman–Crippen LogP) is 2.70. The lowest BCUT2D eigenvalue weighted by molar-refractivity contribution is 0.0697. The van der Waals surface area contributed by atoms with Crippen molar-refractivity contribution in [3.8, 4) is 0 Å². The van der Waals surface area contributed by atoms with E-state index in [1.165, 1.54) is 0 Å². The Morgan fingerprint density at radius 1 is 1.50 bits per heavy atom. The van der Waals surface area contributed by atoms with Crippen LogP contribution in [0.5, 0.6) is 0 Å². The molecule has 0 aromatic heterocycles. The maximum Gasteiger partial charge on any atom is 0.337 e. The summed E-state index contributed by atoms with van der Waals surface area (Å²) in [5.41, 5.74) is 1.85. The highest BCUT2D eigenvalue weighted by Gasteiger charge is 2.09. The third-order valence-corrected chi connectivity index (χ3v) is 2.43. The van der Waals surface area contributed by atoms with Crippen molar-refractivity contribution in [2.75, 3.05) is 25.1 Å². The zero-order valence-electron chi connectivity index (χ0n) is 10.6. The van der Waals surface area contributed by atoms with Crippen LogP contribution >= 0.6 is 0 Å². The molecule has 0 spiro atoms. The van der Waals surface area contributed by atoms with Gasteiger partial charge in [-0.15, -0.1) is 6.58 Å². The molecule has 0 aliphatic rings. The molecule has 4 heteroatoms. The standard InChI is InChI=1S/C14H19NO3/c1-3-4-8-18-9-7-15-13-6-5-11(2)10-12(13)14(16)17/h3,5-6,10,15H,1,4,7-9H2,2H3,(H,16,17). The molecule has 2 N–H and O–H groups in total. The van der Waals surface area contributed by atoms with Crippen molar-refractivity contribution in [2.24, 2.45) is 0 Å². The van der Waals surface area contributed by atoms with Crippen LogP contribution in [-0.2, 0) is 4.74 Å². The molecular weight excluding hydrogens is 230 g/mol. The van der Waals surface area contributed by atoms with Gasteiger partial charge < -0.3 is 15.2 Å². The lowest BCUT2D eigenvalue weighted by Crippen LogP contribution is -2.12. The van der Waals surface area contributed by atoms with Crippen molar-refractivity contribution in [2.45, 2.75) is 13.3 Å². The second-order valence-corrected chi connectivity index (χ2v) is 3.97. The van der Waals surface area contributed by atoms with Crippen molar-refractivity contribution in [1.82, 2.24) is 0 Å². The first-order chi connectivity index (χ1) is 8.65. The van der Waals surface area contributed by atoms with E-state index in [0.29, 0.717) is 31.0 Å². The van der Waals surface area contributed by atoms with E-state index in [9.17, 15) is 4.79 Å². The summed E-state index contributed by atoms with van der Waals surface area (Å²) >= 11 is 0. The highest BCUT2D eigenvalue weighted by Crippen LogP contribution is 2.17. The van der Waals surface area contributed by atoms with E-state index in [0.717, 1.165) is 12.0 Å². The summed E-state index contributed by atoms with van der Waals surface area (Å²) in [4.78, 5) is 11.1. The molecule has 0 fully saturated rings. The fourth-order valence-corrected chi connectivity index (χ4v) is 1.52. The molecule has 1 aromatic carbocycles. The number of anilines is 1. The first-order valence-electron chi connectivity index (χ1n) is 5.91. The Bertz CT molecular complexity index is 416. The van der Waals surface area contributed by atoms with Gasteiger partial charge in [0.25, 0.3) is 0 Å². The van der Waals surface area contributed by atoms with Crippen LogP contribution in [0.15, 0.2) is 30.9 Å². The average Bonchev–Trinajstić information content (AvgIpc) is 2.35. The van der Waals surface area contributed by atoms with Crippen LogP contribution in [0.3, 0.4) is 0 Å². The zero-order valence-corrected chi connectivity index (χ0v) is 10.6. The molecule has 0 bridgehead atoms. The summed E-state index contributed by atoms with van der Waals surface area (Å²) in [6.07, 6.45) is 2.63. The minimum Gasteiger partial charge on any atom is -0.478 e. The Labute approximate surface area is 107 Å². The van der Waals surface area contributed by atoms with Gasteiger partial charge in [0.2, 0.25) is 0 Å². The zero-order chi connectivity index (χ0) is 13.4. The summed E-state index contributed by atoms with van der Waals surface area (Å²) in [7, 11) is 0. The summed E-state index contributed by atoms with van der Waals surface area (Å²) in [5.74, 6) is -0.922. The summed E-state index contributed by atoms with van der Waals surface area (Å²) < 4.78 is 5.34. The molecule has 0 aliphatic carbocycles. The quantitative estimate of drug-likeness (QED) is 0.549. The van der Waals surface area contributed by atoms with Crippen LogP contribution in [-0.4, -0.2) is 30.8 Å². The predicted molar refractivity (Wildman–Crippen MR) is 72.3 cm³/mol. The Balaban J connectivity index is 2.46. The SMILES string of the molecule is C=CCCOCCNc1ccc(C)cc1C(=O)O. The van der Waals surface area contributed by atoms with E-state index in [1.54, 1.807) is 18.2 Å². The van der Waals surface area contributed by atoms with Crippen molar-refractivity contribution >= 4 is 11.7 Å². The molecule has 0 atom stereocenters. The van der Waals surface area contributed by atoms with E-state index < -0.39 is 5.97 Å². The number of nitrogens with one attached hydrogen (secondary N) is 1. The van der Waals surface area contributed by atoms with E-state index >= 15 is 0 Å². The van der Waals surface area contributed by atoms with Gasteiger partial charge in [-0.2, -0.15) is 0 Å². The number of aryl methyl sites for hydroxylation is 1. The number of rotatable bonds is 8. The van der Waals surface area contributed by atoms with E-state index in [1.807, 2.05) is 13.0 Å². The van der Waals surface area contributed by atoms with Gasteiger partial charge in [0, 0.05) is 12.2 Å². The van der Waals surface area contributed by atoms with Crippen molar-refractivity contribution in [3.05, 3.63) is 42.0 Å². The number of carbonyl (C=O) groups is 1. The van der Waals surface area contributed by atoms with Crippen LogP contribution in [0.25, 0.3) is 0 Å². The Kier molecular flexibility index (Phi) is 5.94. The first-order valence-corrected chi connectivity index (χ1v) is 5.91. The normalized spacial score (nSPS) is 10.1. The van der Waals surface area contributed by atoms with Crippen molar-refractivity contribution in [1.29, 1.82) is 0 Å². The molecule has 0 aliphatic heterocycles. The topological polar surface area (TPSA) is 58.6 Å². The van der Waals surface area contributed by atoms with Crippen LogP contribution in [0.1, 0.15) is 22.3 Å². The average molecular weight is 249 g/mol. The second-order valence-electron chi connectivity index (χ2n) is 3.97.